The molecule has 4 rings (SSSR count). The molecule has 4 aromatic rings. The summed E-state index contributed by atoms with van der Waals surface area (Å²) in [6, 6.07) is 21.2. The van der Waals surface area contributed by atoms with Crippen LogP contribution in [-0.4, -0.2) is 0 Å². The van der Waals surface area contributed by atoms with Gasteiger partial charge in [-0.05, 0) is 50.2 Å². The van der Waals surface area contributed by atoms with Crippen molar-refractivity contribution in [3.8, 4) is 0 Å². The Bertz CT molecular complexity index is 1190. The number of hydrogen-bond acceptors (Lipinski definition) is 0. The lowest BCUT2D eigenvalue weighted by Gasteiger charge is -2.19. The molecule has 230 valence electrons. The molecule has 1 unspecified atom stereocenters. The fourth-order valence-electron chi connectivity index (χ4n) is 7.46. The molecular formula is C42H62. The molecule has 0 spiro atoms. The number of hydrogen-bond donors (Lipinski definition) is 0. The maximum absolute atomic E-state index is 2.52. The van der Waals surface area contributed by atoms with Gasteiger partial charge in [0.05, 0.1) is 0 Å². The third-order valence-corrected chi connectivity index (χ3v) is 9.98. The first-order chi connectivity index (χ1) is 20.8. The SMILES string of the molecule is CCCCCCCCCCCCCCC(CCCCCCCCCC)Cc1cc2ccc3cccc4ccc(c1)c2c34. The number of unbranched alkanes of at least 4 members (excludes halogenated alkanes) is 18. The topological polar surface area (TPSA) is 0 Å². The molecule has 0 heterocycles. The number of benzene rings is 4. The predicted molar refractivity (Wildman–Crippen MR) is 190 cm³/mol. The van der Waals surface area contributed by atoms with Crippen LogP contribution in [0.2, 0.25) is 0 Å². The van der Waals surface area contributed by atoms with Crippen LogP contribution in [0.3, 0.4) is 0 Å². The molecule has 0 saturated carbocycles. The lowest BCUT2D eigenvalue weighted by molar-refractivity contribution is 0.400. The zero-order valence-electron chi connectivity index (χ0n) is 27.5. The van der Waals surface area contributed by atoms with Crippen molar-refractivity contribution in [3.63, 3.8) is 0 Å². The fourth-order valence-corrected chi connectivity index (χ4v) is 7.46. The normalized spacial score (nSPS) is 12.7. The van der Waals surface area contributed by atoms with E-state index in [0.717, 1.165) is 5.92 Å². The molecule has 0 aromatic heterocycles. The van der Waals surface area contributed by atoms with Crippen LogP contribution in [-0.2, 0) is 6.42 Å². The molecule has 0 nitrogen and oxygen atoms in total. The zero-order chi connectivity index (χ0) is 29.2. The van der Waals surface area contributed by atoms with Crippen LogP contribution in [0.5, 0.6) is 0 Å². The van der Waals surface area contributed by atoms with Gasteiger partial charge in [-0.25, -0.2) is 0 Å². The summed E-state index contributed by atoms with van der Waals surface area (Å²) < 4.78 is 0. The lowest BCUT2D eigenvalue weighted by Crippen LogP contribution is -2.06. The summed E-state index contributed by atoms with van der Waals surface area (Å²) in [6.45, 7) is 4.63. The van der Waals surface area contributed by atoms with E-state index in [1.807, 2.05) is 0 Å². The fraction of sp³-hybridized carbons (Fsp3) is 0.619. The van der Waals surface area contributed by atoms with E-state index in [4.69, 9.17) is 0 Å². The molecule has 0 aliphatic rings. The Morgan fingerprint density at radius 2 is 0.762 bits per heavy atom. The van der Waals surface area contributed by atoms with Gasteiger partial charge in [0.15, 0.2) is 0 Å². The Labute approximate surface area is 259 Å². The minimum atomic E-state index is 0.835. The van der Waals surface area contributed by atoms with E-state index >= 15 is 0 Å². The summed E-state index contributed by atoms with van der Waals surface area (Å²) in [7, 11) is 0. The highest BCUT2D eigenvalue weighted by molar-refractivity contribution is 6.23. The van der Waals surface area contributed by atoms with Crippen LogP contribution in [0, 0.1) is 5.92 Å². The Kier molecular flexibility index (Phi) is 15.0. The van der Waals surface area contributed by atoms with Gasteiger partial charge in [0, 0.05) is 0 Å². The largest absolute Gasteiger partial charge is 0.0654 e. The highest BCUT2D eigenvalue weighted by atomic mass is 14.2. The Hall–Kier alpha value is -2.08. The molecule has 0 fully saturated rings. The quantitative estimate of drug-likeness (QED) is 0.0584. The maximum Gasteiger partial charge on any atom is -0.00266 e. The Balaban J connectivity index is 1.26. The third-order valence-electron chi connectivity index (χ3n) is 9.98. The standard InChI is InChI=1S/C42H62/c1-3-5-7-9-11-13-14-15-16-18-20-22-25-35(24-21-19-17-12-10-8-6-4-2)32-36-33-39-30-28-37-26-23-27-38-29-31-40(34-36)42(39)41(37)38/h23,26-31,33-35H,3-22,24-25,32H2,1-2H3. The average molecular weight is 567 g/mol. The monoisotopic (exact) mass is 566 g/mol. The van der Waals surface area contributed by atoms with Gasteiger partial charge < -0.3 is 0 Å². The molecule has 0 radical (unpaired) electrons. The molecule has 0 saturated heterocycles. The highest BCUT2D eigenvalue weighted by Crippen LogP contribution is 2.36. The molecule has 1 atom stereocenters. The summed E-state index contributed by atoms with van der Waals surface area (Å²) in [4.78, 5) is 0. The van der Waals surface area contributed by atoms with Crippen molar-refractivity contribution in [3.05, 3.63) is 60.2 Å². The molecule has 4 aromatic carbocycles. The second kappa shape index (κ2) is 19.2. The van der Waals surface area contributed by atoms with Gasteiger partial charge in [-0.15, -0.1) is 0 Å². The molecule has 0 amide bonds. The van der Waals surface area contributed by atoms with Crippen molar-refractivity contribution in [1.82, 2.24) is 0 Å². The molecular weight excluding hydrogens is 504 g/mol. The maximum atomic E-state index is 2.52. The molecule has 0 aliphatic heterocycles. The van der Waals surface area contributed by atoms with E-state index in [0.29, 0.717) is 0 Å². The summed E-state index contributed by atoms with van der Waals surface area (Å²) in [5.41, 5.74) is 1.56. The Morgan fingerprint density at radius 3 is 1.19 bits per heavy atom. The smallest absolute Gasteiger partial charge is 0.00266 e. The van der Waals surface area contributed by atoms with Crippen molar-refractivity contribution >= 4 is 32.3 Å². The van der Waals surface area contributed by atoms with Gasteiger partial charge in [-0.2, -0.15) is 0 Å². The van der Waals surface area contributed by atoms with E-state index in [2.05, 4.69) is 68.4 Å². The molecule has 0 heteroatoms. The summed E-state index contributed by atoms with van der Waals surface area (Å²) >= 11 is 0. The van der Waals surface area contributed by atoms with Crippen molar-refractivity contribution in [1.29, 1.82) is 0 Å². The molecule has 42 heavy (non-hydrogen) atoms. The predicted octanol–water partition coefficient (Wildman–Crippen LogP) is 14.4. The van der Waals surface area contributed by atoms with Crippen LogP contribution in [0.1, 0.15) is 161 Å². The van der Waals surface area contributed by atoms with E-state index in [1.54, 1.807) is 5.56 Å². The first-order valence-electron chi connectivity index (χ1n) is 18.5. The van der Waals surface area contributed by atoms with Gasteiger partial charge in [-0.3, -0.25) is 0 Å². The van der Waals surface area contributed by atoms with Gasteiger partial charge >= 0.3 is 0 Å². The van der Waals surface area contributed by atoms with Crippen LogP contribution < -0.4 is 0 Å². The van der Waals surface area contributed by atoms with Crippen LogP contribution in [0.25, 0.3) is 32.3 Å². The van der Waals surface area contributed by atoms with E-state index < -0.39 is 0 Å². The highest BCUT2D eigenvalue weighted by Gasteiger charge is 2.13. The lowest BCUT2D eigenvalue weighted by atomic mass is 9.86. The summed E-state index contributed by atoms with van der Waals surface area (Å²) in [5, 5.41) is 8.53. The minimum Gasteiger partial charge on any atom is -0.0654 e. The van der Waals surface area contributed by atoms with E-state index in [-0.39, 0.29) is 0 Å². The first kappa shape index (κ1) is 32.8. The van der Waals surface area contributed by atoms with E-state index in [9.17, 15) is 0 Å². The van der Waals surface area contributed by atoms with Crippen LogP contribution in [0.4, 0.5) is 0 Å². The van der Waals surface area contributed by atoms with Gasteiger partial charge in [0.2, 0.25) is 0 Å². The van der Waals surface area contributed by atoms with Gasteiger partial charge in [0.25, 0.3) is 0 Å². The van der Waals surface area contributed by atoms with Crippen molar-refractivity contribution in [2.75, 3.05) is 0 Å². The van der Waals surface area contributed by atoms with Gasteiger partial charge in [-0.1, -0.05) is 210 Å². The third kappa shape index (κ3) is 10.6. The van der Waals surface area contributed by atoms with Crippen LogP contribution >= 0.6 is 0 Å². The summed E-state index contributed by atoms with van der Waals surface area (Å²) in [5.74, 6) is 0.835. The zero-order valence-corrected chi connectivity index (χ0v) is 27.5. The summed E-state index contributed by atoms with van der Waals surface area (Å²) in [6.07, 6.45) is 32.8. The van der Waals surface area contributed by atoms with Crippen molar-refractivity contribution in [2.24, 2.45) is 5.92 Å². The Morgan fingerprint density at radius 1 is 0.405 bits per heavy atom. The number of rotatable bonds is 24. The first-order valence-corrected chi connectivity index (χ1v) is 18.5. The minimum absolute atomic E-state index is 0.835. The molecule has 0 aliphatic carbocycles. The van der Waals surface area contributed by atoms with Gasteiger partial charge in [0.1, 0.15) is 0 Å². The second-order valence-electron chi connectivity index (χ2n) is 13.6. The average Bonchev–Trinajstić information content (AvgIpc) is 3.01. The molecule has 0 N–H and O–H groups in total. The van der Waals surface area contributed by atoms with Crippen molar-refractivity contribution in [2.45, 2.75) is 162 Å². The molecule has 0 bridgehead atoms. The van der Waals surface area contributed by atoms with Crippen molar-refractivity contribution < 1.29 is 0 Å². The second-order valence-corrected chi connectivity index (χ2v) is 13.6. The van der Waals surface area contributed by atoms with Crippen LogP contribution in [0.15, 0.2) is 54.6 Å². The van der Waals surface area contributed by atoms with E-state index in [1.165, 1.54) is 180 Å².